The summed E-state index contributed by atoms with van der Waals surface area (Å²) in [5.74, 6) is 0.928. The Labute approximate surface area is 98.5 Å². The van der Waals surface area contributed by atoms with Gasteiger partial charge in [0, 0.05) is 24.5 Å². The molecule has 0 aromatic heterocycles. The van der Waals surface area contributed by atoms with Gasteiger partial charge in [-0.25, -0.2) is 0 Å². The van der Waals surface area contributed by atoms with Crippen LogP contribution in [0.2, 0.25) is 0 Å². The highest BCUT2D eigenvalue weighted by molar-refractivity contribution is 5.38. The van der Waals surface area contributed by atoms with Crippen LogP contribution in [-0.4, -0.2) is 24.0 Å². The average molecular weight is 215 g/mol. The molecule has 1 aliphatic carbocycles. The summed E-state index contributed by atoms with van der Waals surface area (Å²) >= 11 is 0. The monoisotopic (exact) mass is 215 g/mol. The van der Waals surface area contributed by atoms with Crippen LogP contribution in [0.25, 0.3) is 0 Å². The Morgan fingerprint density at radius 2 is 1.94 bits per heavy atom. The van der Waals surface area contributed by atoms with Crippen molar-refractivity contribution in [2.24, 2.45) is 5.92 Å². The van der Waals surface area contributed by atoms with E-state index in [1.54, 1.807) is 5.56 Å². The molecular formula is C15H21N. The molecule has 1 saturated heterocycles. The molecule has 0 bridgehead atoms. The molecule has 1 aliphatic heterocycles. The number of nitrogens with zero attached hydrogens (tertiary/aromatic N) is 1. The molecule has 2 aliphatic rings. The Morgan fingerprint density at radius 3 is 2.50 bits per heavy atom. The molecule has 0 N–H and O–H groups in total. The van der Waals surface area contributed by atoms with E-state index in [2.05, 4.69) is 49.9 Å². The molecule has 0 amide bonds. The first-order valence-electron chi connectivity index (χ1n) is 6.43. The summed E-state index contributed by atoms with van der Waals surface area (Å²) in [6, 6.07) is 9.92. The number of likely N-dealkylation sites (tertiary alicyclic amines) is 1. The molecule has 1 aromatic rings. The standard InChI is InChI=1S/C15H21N/c1-11(2)16-9-14-8-15(14,10-16)13-6-4-12(3)5-7-13/h4-7,11,14H,8-10H2,1-3H3/t14-,15?/m0/s1. The second-order valence-electron chi connectivity index (χ2n) is 5.95. The highest BCUT2D eigenvalue weighted by Gasteiger charge is 2.60. The normalized spacial score (nSPS) is 33.1. The number of piperidine rings is 1. The first kappa shape index (κ1) is 10.3. The Balaban J connectivity index is 1.84. The third kappa shape index (κ3) is 1.41. The molecule has 0 radical (unpaired) electrons. The third-order valence-corrected chi connectivity index (χ3v) is 4.53. The summed E-state index contributed by atoms with van der Waals surface area (Å²) in [7, 11) is 0. The van der Waals surface area contributed by atoms with Crippen LogP contribution < -0.4 is 0 Å². The summed E-state index contributed by atoms with van der Waals surface area (Å²) < 4.78 is 0. The summed E-state index contributed by atoms with van der Waals surface area (Å²) in [6.07, 6.45) is 1.42. The van der Waals surface area contributed by atoms with Crippen LogP contribution in [0.15, 0.2) is 24.3 Å². The van der Waals surface area contributed by atoms with E-state index in [1.165, 1.54) is 25.1 Å². The SMILES string of the molecule is Cc1ccc(C23C[C@H]2CN(C(C)C)C3)cc1. The maximum atomic E-state index is 2.63. The van der Waals surface area contributed by atoms with Gasteiger partial charge >= 0.3 is 0 Å². The van der Waals surface area contributed by atoms with Crippen LogP contribution in [0.5, 0.6) is 0 Å². The van der Waals surface area contributed by atoms with Gasteiger partial charge in [-0.05, 0) is 38.7 Å². The van der Waals surface area contributed by atoms with Crippen molar-refractivity contribution in [2.45, 2.75) is 38.6 Å². The van der Waals surface area contributed by atoms with Crippen molar-refractivity contribution < 1.29 is 0 Å². The quantitative estimate of drug-likeness (QED) is 0.733. The minimum Gasteiger partial charge on any atom is -0.300 e. The van der Waals surface area contributed by atoms with Gasteiger partial charge in [0.15, 0.2) is 0 Å². The Morgan fingerprint density at radius 1 is 1.25 bits per heavy atom. The molecule has 1 aromatic carbocycles. The lowest BCUT2D eigenvalue weighted by molar-refractivity contribution is 0.243. The number of benzene rings is 1. The van der Waals surface area contributed by atoms with E-state index in [9.17, 15) is 0 Å². The van der Waals surface area contributed by atoms with Gasteiger partial charge in [0.25, 0.3) is 0 Å². The van der Waals surface area contributed by atoms with E-state index >= 15 is 0 Å². The van der Waals surface area contributed by atoms with Crippen molar-refractivity contribution in [3.63, 3.8) is 0 Å². The first-order chi connectivity index (χ1) is 7.62. The lowest BCUT2D eigenvalue weighted by Crippen LogP contribution is -2.32. The smallest absolute Gasteiger partial charge is 0.0124 e. The van der Waals surface area contributed by atoms with Gasteiger partial charge in [-0.2, -0.15) is 0 Å². The highest BCUT2D eigenvalue weighted by Crippen LogP contribution is 2.59. The number of aryl methyl sites for hydroxylation is 1. The van der Waals surface area contributed by atoms with Crippen molar-refractivity contribution >= 4 is 0 Å². The molecule has 0 spiro atoms. The van der Waals surface area contributed by atoms with Gasteiger partial charge in [0.1, 0.15) is 0 Å². The fourth-order valence-electron chi connectivity index (χ4n) is 3.25. The fourth-order valence-corrected chi connectivity index (χ4v) is 3.25. The van der Waals surface area contributed by atoms with Crippen LogP contribution in [0, 0.1) is 12.8 Å². The molecule has 3 rings (SSSR count). The van der Waals surface area contributed by atoms with E-state index < -0.39 is 0 Å². The summed E-state index contributed by atoms with van der Waals surface area (Å²) in [4.78, 5) is 2.63. The average Bonchev–Trinajstić information content (AvgIpc) is 2.82. The van der Waals surface area contributed by atoms with Crippen molar-refractivity contribution in [2.75, 3.05) is 13.1 Å². The number of hydrogen-bond donors (Lipinski definition) is 0. The van der Waals surface area contributed by atoms with E-state index in [0.29, 0.717) is 11.5 Å². The second kappa shape index (κ2) is 3.33. The van der Waals surface area contributed by atoms with E-state index in [4.69, 9.17) is 0 Å². The van der Waals surface area contributed by atoms with Gasteiger partial charge < -0.3 is 0 Å². The zero-order chi connectivity index (χ0) is 11.3. The van der Waals surface area contributed by atoms with Crippen LogP contribution in [0.4, 0.5) is 0 Å². The van der Waals surface area contributed by atoms with Crippen LogP contribution in [0.1, 0.15) is 31.4 Å². The summed E-state index contributed by atoms with van der Waals surface area (Å²) in [5.41, 5.74) is 3.47. The molecule has 1 unspecified atom stereocenters. The van der Waals surface area contributed by atoms with Gasteiger partial charge in [-0.3, -0.25) is 4.90 Å². The summed E-state index contributed by atoms with van der Waals surface area (Å²) in [6.45, 7) is 9.38. The molecule has 16 heavy (non-hydrogen) atoms. The molecule has 1 saturated carbocycles. The minimum atomic E-state index is 0.526. The summed E-state index contributed by atoms with van der Waals surface area (Å²) in [5, 5.41) is 0. The van der Waals surface area contributed by atoms with Crippen molar-refractivity contribution in [1.29, 1.82) is 0 Å². The zero-order valence-electron chi connectivity index (χ0n) is 10.5. The molecular weight excluding hydrogens is 194 g/mol. The number of rotatable bonds is 2. The minimum absolute atomic E-state index is 0.526. The third-order valence-electron chi connectivity index (χ3n) is 4.53. The van der Waals surface area contributed by atoms with Crippen LogP contribution in [0.3, 0.4) is 0 Å². The van der Waals surface area contributed by atoms with Crippen molar-refractivity contribution in [3.8, 4) is 0 Å². The Bertz CT molecular complexity index is 392. The van der Waals surface area contributed by atoms with Crippen LogP contribution >= 0.6 is 0 Å². The Hall–Kier alpha value is -0.820. The number of fused-ring (bicyclic) bond motifs is 1. The topological polar surface area (TPSA) is 3.24 Å². The molecule has 86 valence electrons. The first-order valence-corrected chi connectivity index (χ1v) is 6.43. The van der Waals surface area contributed by atoms with Crippen molar-refractivity contribution in [1.82, 2.24) is 4.90 Å². The molecule has 2 atom stereocenters. The van der Waals surface area contributed by atoms with Crippen LogP contribution in [-0.2, 0) is 5.41 Å². The predicted molar refractivity (Wildman–Crippen MR) is 67.7 cm³/mol. The largest absolute Gasteiger partial charge is 0.300 e. The molecule has 1 heterocycles. The van der Waals surface area contributed by atoms with E-state index in [1.807, 2.05) is 0 Å². The van der Waals surface area contributed by atoms with Gasteiger partial charge in [-0.15, -0.1) is 0 Å². The van der Waals surface area contributed by atoms with E-state index in [0.717, 1.165) is 5.92 Å². The van der Waals surface area contributed by atoms with Gasteiger partial charge in [-0.1, -0.05) is 29.8 Å². The fraction of sp³-hybridized carbons (Fsp3) is 0.600. The maximum Gasteiger partial charge on any atom is 0.0124 e. The maximum absolute atomic E-state index is 2.63. The van der Waals surface area contributed by atoms with E-state index in [-0.39, 0.29) is 0 Å². The Kier molecular flexibility index (Phi) is 2.16. The predicted octanol–water partition coefficient (Wildman–Crippen LogP) is 2.98. The van der Waals surface area contributed by atoms with Crippen molar-refractivity contribution in [3.05, 3.63) is 35.4 Å². The molecule has 1 nitrogen and oxygen atoms in total. The lowest BCUT2D eigenvalue weighted by atomic mass is 9.94. The van der Waals surface area contributed by atoms with Gasteiger partial charge in [0.2, 0.25) is 0 Å². The lowest BCUT2D eigenvalue weighted by Gasteiger charge is -2.24. The number of hydrogen-bond acceptors (Lipinski definition) is 1. The van der Waals surface area contributed by atoms with Gasteiger partial charge in [0.05, 0.1) is 0 Å². The highest BCUT2D eigenvalue weighted by atomic mass is 15.2. The zero-order valence-corrected chi connectivity index (χ0v) is 10.5. The molecule has 1 heteroatoms. The molecule has 2 fully saturated rings. The second-order valence-corrected chi connectivity index (χ2v) is 5.95.